The van der Waals surface area contributed by atoms with Gasteiger partial charge in [0.25, 0.3) is 5.91 Å². The van der Waals surface area contributed by atoms with Gasteiger partial charge in [0.2, 0.25) is 5.91 Å². The Bertz CT molecular complexity index is 1510. The summed E-state index contributed by atoms with van der Waals surface area (Å²) in [6, 6.07) is 23.3. The van der Waals surface area contributed by atoms with Gasteiger partial charge in [-0.05, 0) is 82.4 Å². The Balaban J connectivity index is 1.22. The van der Waals surface area contributed by atoms with E-state index in [2.05, 4.69) is 57.6 Å². The summed E-state index contributed by atoms with van der Waals surface area (Å²) in [6.07, 6.45) is 4.36. The highest BCUT2D eigenvalue weighted by Gasteiger charge is 2.42. The Kier molecular flexibility index (Phi) is 8.96. The molecule has 2 atom stereocenters. The van der Waals surface area contributed by atoms with Crippen molar-refractivity contribution in [2.45, 2.75) is 63.7 Å². The monoisotopic (exact) mass is 645 g/mol. The van der Waals surface area contributed by atoms with Gasteiger partial charge in [-0.2, -0.15) is 0 Å². The van der Waals surface area contributed by atoms with Crippen molar-refractivity contribution in [3.63, 3.8) is 0 Å². The van der Waals surface area contributed by atoms with E-state index in [-0.39, 0.29) is 35.8 Å². The number of aryl methyl sites for hydroxylation is 1. The Hall–Kier alpha value is -3.49. The fourth-order valence-corrected chi connectivity index (χ4v) is 6.59. The summed E-state index contributed by atoms with van der Waals surface area (Å²) in [5.74, 6) is 0.310. The predicted molar refractivity (Wildman–Crippen MR) is 169 cm³/mol. The van der Waals surface area contributed by atoms with Crippen LogP contribution in [0, 0.1) is 5.82 Å². The summed E-state index contributed by atoms with van der Waals surface area (Å²) in [4.78, 5) is 30.7. The first-order valence-electron chi connectivity index (χ1n) is 15.1. The van der Waals surface area contributed by atoms with E-state index in [0.717, 1.165) is 52.4 Å². The summed E-state index contributed by atoms with van der Waals surface area (Å²) in [6.45, 7) is 3.82. The number of fused-ring (bicyclic) bond motifs is 2. The fourth-order valence-electron chi connectivity index (χ4n) is 6.23. The molecule has 2 amide bonds. The average molecular weight is 647 g/mol. The first-order chi connectivity index (χ1) is 20.9. The zero-order chi connectivity index (χ0) is 29.9. The molecule has 6 nitrogen and oxygen atoms in total. The second-order valence-corrected chi connectivity index (χ2v) is 12.7. The van der Waals surface area contributed by atoms with Gasteiger partial charge in [0.1, 0.15) is 11.6 Å². The van der Waals surface area contributed by atoms with Crippen LogP contribution in [0.3, 0.4) is 0 Å². The quantitative estimate of drug-likeness (QED) is 0.269. The van der Waals surface area contributed by atoms with Gasteiger partial charge in [-0.25, -0.2) is 4.39 Å². The van der Waals surface area contributed by atoms with E-state index in [0.29, 0.717) is 38.4 Å². The highest BCUT2D eigenvalue weighted by atomic mass is 79.9. The van der Waals surface area contributed by atoms with E-state index >= 15 is 0 Å². The summed E-state index contributed by atoms with van der Waals surface area (Å²) < 4.78 is 20.1. The minimum Gasteiger partial charge on any atom is -0.492 e. The number of halogens is 2. The Morgan fingerprint density at radius 1 is 1.02 bits per heavy atom. The number of ether oxygens (including phenoxy) is 1. The van der Waals surface area contributed by atoms with Gasteiger partial charge in [-0.3, -0.25) is 9.59 Å². The van der Waals surface area contributed by atoms with Gasteiger partial charge in [-0.15, -0.1) is 0 Å². The maximum absolute atomic E-state index is 14.4. The number of rotatable bonds is 10. The maximum Gasteiger partial charge on any atom is 0.252 e. The van der Waals surface area contributed by atoms with Crippen LogP contribution in [-0.4, -0.2) is 59.4 Å². The molecule has 1 saturated heterocycles. The molecule has 3 aliphatic rings. The van der Waals surface area contributed by atoms with Crippen molar-refractivity contribution in [3.05, 3.63) is 105 Å². The standard InChI is InChI=1S/C35H37BrFN3O3/c1-23(41)39-21-28-19-30(26-11-9-24(10-12-26)8-5-17-43-33-18-27(37)13-16-31(33)36)34(32(22-39)38-28)35(42)40(29-14-15-29)20-25-6-3-2-4-7-25/h2-4,6-7,9-13,16,18,28-29,32,38H,5,8,14-15,17,19-22H2,1H3/t28-,32-/m1/s1. The molecule has 2 fully saturated rings. The molecular formula is C35H37BrFN3O3. The highest BCUT2D eigenvalue weighted by molar-refractivity contribution is 9.10. The minimum absolute atomic E-state index is 0.0492. The Morgan fingerprint density at radius 3 is 2.51 bits per heavy atom. The van der Waals surface area contributed by atoms with Gasteiger partial charge in [0.15, 0.2) is 0 Å². The lowest BCUT2D eigenvalue weighted by molar-refractivity contribution is -0.132. The molecule has 2 bridgehead atoms. The average Bonchev–Trinajstić information content (AvgIpc) is 3.85. The largest absolute Gasteiger partial charge is 0.492 e. The smallest absolute Gasteiger partial charge is 0.252 e. The third-order valence-electron chi connectivity index (χ3n) is 8.59. The number of nitrogens with zero attached hydrogens (tertiary/aromatic N) is 2. The molecular weight excluding hydrogens is 609 g/mol. The normalized spacial score (nSPS) is 19.7. The van der Waals surface area contributed by atoms with Gasteiger partial charge in [0.05, 0.1) is 17.1 Å². The van der Waals surface area contributed by atoms with Crippen LogP contribution in [0.25, 0.3) is 5.57 Å². The first kappa shape index (κ1) is 29.6. The third-order valence-corrected chi connectivity index (χ3v) is 9.24. The van der Waals surface area contributed by atoms with Crippen LogP contribution < -0.4 is 10.1 Å². The zero-order valence-electron chi connectivity index (χ0n) is 24.4. The highest BCUT2D eigenvalue weighted by Crippen LogP contribution is 2.37. The van der Waals surface area contributed by atoms with Gasteiger partial charge in [0, 0.05) is 50.3 Å². The third kappa shape index (κ3) is 7.02. The molecule has 6 rings (SSSR count). The Morgan fingerprint density at radius 2 is 1.79 bits per heavy atom. The summed E-state index contributed by atoms with van der Waals surface area (Å²) >= 11 is 3.41. The molecule has 0 spiro atoms. The lowest BCUT2D eigenvalue weighted by atomic mass is 9.82. The second-order valence-electron chi connectivity index (χ2n) is 11.8. The molecule has 43 heavy (non-hydrogen) atoms. The number of carbonyl (C=O) groups excluding carboxylic acids is 2. The molecule has 224 valence electrons. The topological polar surface area (TPSA) is 61.9 Å². The van der Waals surface area contributed by atoms with Crippen LogP contribution in [0.1, 0.15) is 49.3 Å². The summed E-state index contributed by atoms with van der Waals surface area (Å²) in [7, 11) is 0. The van der Waals surface area contributed by atoms with Crippen molar-refractivity contribution in [2.75, 3.05) is 19.7 Å². The van der Waals surface area contributed by atoms with Crippen LogP contribution in [0.5, 0.6) is 5.75 Å². The molecule has 0 unspecified atom stereocenters. The van der Waals surface area contributed by atoms with Crippen LogP contribution in [-0.2, 0) is 22.6 Å². The number of hydrogen-bond acceptors (Lipinski definition) is 4. The molecule has 8 heteroatoms. The van der Waals surface area contributed by atoms with Crippen molar-refractivity contribution < 1.29 is 18.7 Å². The van der Waals surface area contributed by atoms with Gasteiger partial charge < -0.3 is 19.9 Å². The summed E-state index contributed by atoms with van der Waals surface area (Å²) in [5.41, 5.74) is 5.26. The predicted octanol–water partition coefficient (Wildman–Crippen LogP) is 6.14. The van der Waals surface area contributed by atoms with Crippen molar-refractivity contribution >= 4 is 33.3 Å². The molecule has 3 aromatic carbocycles. The number of nitrogens with one attached hydrogen (secondary N) is 1. The number of benzene rings is 3. The number of carbonyl (C=O) groups is 2. The van der Waals surface area contributed by atoms with Crippen LogP contribution >= 0.6 is 15.9 Å². The maximum atomic E-state index is 14.4. The van der Waals surface area contributed by atoms with Crippen LogP contribution in [0.15, 0.2) is 82.8 Å². The molecule has 2 aliphatic heterocycles. The second kappa shape index (κ2) is 13.0. The number of piperazine rings is 1. The molecule has 1 N–H and O–H groups in total. The van der Waals surface area contributed by atoms with Gasteiger partial charge >= 0.3 is 0 Å². The lowest BCUT2D eigenvalue weighted by Crippen LogP contribution is -2.61. The van der Waals surface area contributed by atoms with E-state index in [1.165, 1.54) is 17.7 Å². The molecule has 0 radical (unpaired) electrons. The molecule has 2 heterocycles. The zero-order valence-corrected chi connectivity index (χ0v) is 26.0. The SMILES string of the molecule is CC(=O)N1C[C@H]2CC(c3ccc(CCCOc4cc(F)ccc4Br)cc3)=C(C(=O)N(Cc3ccccc3)C3CC3)[C@@H](C1)N2. The molecule has 1 aliphatic carbocycles. The number of amides is 2. The molecule has 0 aromatic heterocycles. The summed E-state index contributed by atoms with van der Waals surface area (Å²) in [5, 5.41) is 3.67. The lowest BCUT2D eigenvalue weighted by Gasteiger charge is -2.44. The van der Waals surface area contributed by atoms with E-state index < -0.39 is 0 Å². The van der Waals surface area contributed by atoms with E-state index in [1.54, 1.807) is 13.0 Å². The van der Waals surface area contributed by atoms with Crippen molar-refractivity contribution in [3.8, 4) is 5.75 Å². The van der Waals surface area contributed by atoms with E-state index in [1.807, 2.05) is 28.0 Å². The van der Waals surface area contributed by atoms with Crippen LogP contribution in [0.2, 0.25) is 0 Å². The number of hydrogen-bond donors (Lipinski definition) is 1. The van der Waals surface area contributed by atoms with Crippen molar-refractivity contribution in [1.29, 1.82) is 0 Å². The minimum atomic E-state index is -0.322. The van der Waals surface area contributed by atoms with Crippen molar-refractivity contribution in [2.24, 2.45) is 0 Å². The first-order valence-corrected chi connectivity index (χ1v) is 15.9. The fraction of sp³-hybridized carbons (Fsp3) is 0.371. The van der Waals surface area contributed by atoms with E-state index in [4.69, 9.17) is 4.74 Å². The molecule has 3 aromatic rings. The molecule has 1 saturated carbocycles. The van der Waals surface area contributed by atoms with Gasteiger partial charge in [-0.1, -0.05) is 54.6 Å². The Labute approximate surface area is 261 Å². The van der Waals surface area contributed by atoms with Crippen LogP contribution in [0.4, 0.5) is 4.39 Å². The van der Waals surface area contributed by atoms with Crippen molar-refractivity contribution in [1.82, 2.24) is 15.1 Å². The van der Waals surface area contributed by atoms with E-state index in [9.17, 15) is 14.0 Å².